The Morgan fingerprint density at radius 3 is 2.71 bits per heavy atom. The van der Waals surface area contributed by atoms with Crippen LogP contribution >= 0.6 is 11.3 Å². The van der Waals surface area contributed by atoms with Crippen LogP contribution in [0, 0.1) is 0 Å². The van der Waals surface area contributed by atoms with Gasteiger partial charge in [-0.25, -0.2) is 0 Å². The predicted octanol–water partition coefficient (Wildman–Crippen LogP) is 3.19. The van der Waals surface area contributed by atoms with E-state index in [1.54, 1.807) is 0 Å². The lowest BCUT2D eigenvalue weighted by atomic mass is 10.2. The van der Waals surface area contributed by atoms with E-state index >= 15 is 0 Å². The molecule has 0 aliphatic rings. The smallest absolute Gasteiger partial charge is 0.261 e. The lowest BCUT2D eigenvalue weighted by Crippen LogP contribution is -2.22. The quantitative estimate of drug-likeness (QED) is 0.878. The van der Waals surface area contributed by atoms with Crippen molar-refractivity contribution in [2.75, 3.05) is 6.54 Å². The Kier molecular flexibility index (Phi) is 4.11. The maximum absolute atomic E-state index is 11.6. The molecule has 0 fully saturated rings. The summed E-state index contributed by atoms with van der Waals surface area (Å²) in [7, 11) is 0. The summed E-state index contributed by atoms with van der Waals surface area (Å²) in [5.74, 6) is -0.0160. The average Bonchev–Trinajstić information content (AvgIpc) is 2.89. The third-order valence-electron chi connectivity index (χ3n) is 2.24. The van der Waals surface area contributed by atoms with Crippen molar-refractivity contribution in [2.24, 2.45) is 0 Å². The van der Waals surface area contributed by atoms with Crippen molar-refractivity contribution in [3.05, 3.63) is 64.4 Å². The molecule has 0 saturated heterocycles. The number of carbonyl (C=O) groups is 1. The van der Waals surface area contributed by atoms with Gasteiger partial charge in [0.2, 0.25) is 0 Å². The molecule has 1 amide bonds. The molecular formula is C14H13NOS. The molecule has 0 aliphatic heterocycles. The zero-order chi connectivity index (χ0) is 11.9. The zero-order valence-corrected chi connectivity index (χ0v) is 10.1. The Hall–Kier alpha value is -1.87. The number of hydrogen-bond donors (Lipinski definition) is 1. The molecule has 0 atom stereocenters. The first kappa shape index (κ1) is 11.6. The largest absolute Gasteiger partial charge is 0.348 e. The molecule has 0 bridgehead atoms. The van der Waals surface area contributed by atoms with Gasteiger partial charge in [0.15, 0.2) is 0 Å². The van der Waals surface area contributed by atoms with Gasteiger partial charge >= 0.3 is 0 Å². The predicted molar refractivity (Wildman–Crippen MR) is 72.1 cm³/mol. The number of carbonyl (C=O) groups excluding carboxylic acids is 1. The summed E-state index contributed by atoms with van der Waals surface area (Å²) in [4.78, 5) is 12.3. The van der Waals surface area contributed by atoms with Crippen LogP contribution in [-0.4, -0.2) is 12.5 Å². The highest BCUT2D eigenvalue weighted by Crippen LogP contribution is 2.07. The zero-order valence-electron chi connectivity index (χ0n) is 9.30. The summed E-state index contributed by atoms with van der Waals surface area (Å²) < 4.78 is 0. The Morgan fingerprint density at radius 2 is 2.00 bits per heavy atom. The molecular weight excluding hydrogens is 230 g/mol. The number of hydrogen-bond acceptors (Lipinski definition) is 2. The minimum atomic E-state index is -0.0160. The van der Waals surface area contributed by atoms with E-state index in [0.29, 0.717) is 6.54 Å². The molecule has 0 spiro atoms. The third-order valence-corrected chi connectivity index (χ3v) is 3.10. The Labute approximate surface area is 105 Å². The van der Waals surface area contributed by atoms with E-state index in [1.165, 1.54) is 11.3 Å². The molecule has 2 aromatic rings. The molecule has 1 aromatic heterocycles. The van der Waals surface area contributed by atoms with Gasteiger partial charge < -0.3 is 5.32 Å². The Balaban J connectivity index is 1.80. The monoisotopic (exact) mass is 243 g/mol. The van der Waals surface area contributed by atoms with Gasteiger partial charge in [0.1, 0.15) is 0 Å². The number of nitrogens with one attached hydrogen (secondary N) is 1. The van der Waals surface area contributed by atoms with Crippen LogP contribution < -0.4 is 5.32 Å². The molecule has 1 heterocycles. The van der Waals surface area contributed by atoms with Crippen LogP contribution in [0.3, 0.4) is 0 Å². The van der Waals surface area contributed by atoms with Crippen LogP contribution in [0.15, 0.2) is 53.9 Å². The summed E-state index contributed by atoms with van der Waals surface area (Å²) in [5, 5.41) is 4.74. The van der Waals surface area contributed by atoms with E-state index in [1.807, 2.05) is 60.0 Å². The van der Waals surface area contributed by atoms with E-state index < -0.39 is 0 Å². The molecule has 86 valence electrons. The molecule has 0 unspecified atom stereocenters. The summed E-state index contributed by atoms with van der Waals surface area (Å²) in [6, 6.07) is 13.7. The van der Waals surface area contributed by atoms with Gasteiger partial charge in [-0.15, -0.1) is 11.3 Å². The third kappa shape index (κ3) is 3.57. The van der Waals surface area contributed by atoms with Crippen molar-refractivity contribution < 1.29 is 4.79 Å². The summed E-state index contributed by atoms with van der Waals surface area (Å²) in [6.45, 7) is 0.547. The highest BCUT2D eigenvalue weighted by atomic mass is 32.1. The lowest BCUT2D eigenvalue weighted by Gasteiger charge is -1.98. The van der Waals surface area contributed by atoms with E-state index in [9.17, 15) is 4.79 Å². The molecule has 2 rings (SSSR count). The van der Waals surface area contributed by atoms with Crippen molar-refractivity contribution in [3.63, 3.8) is 0 Å². The minimum absolute atomic E-state index is 0.0160. The number of rotatable bonds is 4. The molecule has 2 nitrogen and oxygen atoms in total. The van der Waals surface area contributed by atoms with Crippen LogP contribution in [0.25, 0.3) is 6.08 Å². The Bertz CT molecular complexity index is 488. The summed E-state index contributed by atoms with van der Waals surface area (Å²) >= 11 is 1.45. The molecule has 0 aliphatic carbocycles. The molecule has 17 heavy (non-hydrogen) atoms. The maximum atomic E-state index is 11.6. The van der Waals surface area contributed by atoms with E-state index in [-0.39, 0.29) is 5.91 Å². The average molecular weight is 243 g/mol. The topological polar surface area (TPSA) is 29.1 Å². The molecule has 1 N–H and O–H groups in total. The van der Waals surface area contributed by atoms with Gasteiger partial charge in [-0.2, -0.15) is 0 Å². The molecule has 0 saturated carbocycles. The van der Waals surface area contributed by atoms with E-state index in [2.05, 4.69) is 5.32 Å². The van der Waals surface area contributed by atoms with Crippen LogP contribution in [-0.2, 0) is 0 Å². The van der Waals surface area contributed by atoms with Gasteiger partial charge in [0.25, 0.3) is 5.91 Å². The summed E-state index contributed by atoms with van der Waals surface area (Å²) in [6.07, 6.45) is 3.94. The molecule has 0 radical (unpaired) electrons. The standard InChI is InChI=1S/C14H13NOS/c16-14(13-9-5-11-17-13)15-10-4-8-12-6-2-1-3-7-12/h1-9,11H,10H2,(H,15,16). The maximum Gasteiger partial charge on any atom is 0.261 e. The highest BCUT2D eigenvalue weighted by Gasteiger charge is 2.02. The molecule has 1 aromatic carbocycles. The second-order valence-corrected chi connectivity index (χ2v) is 4.45. The summed E-state index contributed by atoms with van der Waals surface area (Å²) in [5.41, 5.74) is 1.14. The Morgan fingerprint density at radius 1 is 1.18 bits per heavy atom. The minimum Gasteiger partial charge on any atom is -0.348 e. The van der Waals surface area contributed by atoms with Crippen molar-refractivity contribution in [1.82, 2.24) is 5.32 Å². The first-order valence-corrected chi connectivity index (χ1v) is 6.27. The van der Waals surface area contributed by atoms with Gasteiger partial charge in [-0.3, -0.25) is 4.79 Å². The second kappa shape index (κ2) is 6.01. The fraction of sp³-hybridized carbons (Fsp3) is 0.0714. The van der Waals surface area contributed by atoms with Crippen molar-refractivity contribution in [1.29, 1.82) is 0 Å². The molecule has 3 heteroatoms. The number of amides is 1. The van der Waals surface area contributed by atoms with Gasteiger partial charge in [-0.1, -0.05) is 48.6 Å². The van der Waals surface area contributed by atoms with Crippen LogP contribution in [0.5, 0.6) is 0 Å². The fourth-order valence-electron chi connectivity index (χ4n) is 1.41. The lowest BCUT2D eigenvalue weighted by molar-refractivity contribution is 0.0962. The van der Waals surface area contributed by atoms with Crippen molar-refractivity contribution in [2.45, 2.75) is 0 Å². The van der Waals surface area contributed by atoms with Gasteiger partial charge in [0, 0.05) is 6.54 Å². The number of thiophene rings is 1. The van der Waals surface area contributed by atoms with E-state index in [0.717, 1.165) is 10.4 Å². The SMILES string of the molecule is O=C(NCC=Cc1ccccc1)c1cccs1. The normalized spacial score (nSPS) is 10.6. The van der Waals surface area contributed by atoms with Crippen LogP contribution in [0.1, 0.15) is 15.2 Å². The van der Waals surface area contributed by atoms with E-state index in [4.69, 9.17) is 0 Å². The fourth-order valence-corrected chi connectivity index (χ4v) is 2.05. The van der Waals surface area contributed by atoms with Gasteiger partial charge in [0.05, 0.1) is 4.88 Å². The first-order chi connectivity index (χ1) is 8.36. The first-order valence-electron chi connectivity index (χ1n) is 5.39. The van der Waals surface area contributed by atoms with Crippen LogP contribution in [0.2, 0.25) is 0 Å². The van der Waals surface area contributed by atoms with Crippen LogP contribution in [0.4, 0.5) is 0 Å². The van der Waals surface area contributed by atoms with Crippen molar-refractivity contribution in [3.8, 4) is 0 Å². The van der Waals surface area contributed by atoms with Crippen molar-refractivity contribution >= 4 is 23.3 Å². The van der Waals surface area contributed by atoms with Gasteiger partial charge in [-0.05, 0) is 17.0 Å². The highest BCUT2D eigenvalue weighted by molar-refractivity contribution is 7.12. The number of benzene rings is 1. The second-order valence-electron chi connectivity index (χ2n) is 3.50.